The normalized spacial score (nSPS) is 51.1. The number of hydrogen-bond acceptors (Lipinski definition) is 4. The number of ketones is 1. The van der Waals surface area contributed by atoms with Crippen LogP contribution >= 0.6 is 0 Å². The van der Waals surface area contributed by atoms with E-state index in [4.69, 9.17) is 10.5 Å². The summed E-state index contributed by atoms with van der Waals surface area (Å²) in [4.78, 5) is 14.9. The van der Waals surface area contributed by atoms with Gasteiger partial charge in [0.15, 0.2) is 0 Å². The monoisotopic (exact) mass is 468 g/mol. The average molecular weight is 469 g/mol. The maximum Gasteiger partial charge on any atom is 0.133 e. The van der Waals surface area contributed by atoms with Gasteiger partial charge in [-0.1, -0.05) is 31.9 Å². The predicted molar refractivity (Wildman–Crippen MR) is 136 cm³/mol. The highest BCUT2D eigenvalue weighted by Crippen LogP contribution is 2.65. The Morgan fingerprint density at radius 1 is 1.15 bits per heavy atom. The number of rotatable bonds is 2. The number of Topliss-reactive ketones (excluding diaryl/α,β-unsaturated/α-hetero) is 1. The summed E-state index contributed by atoms with van der Waals surface area (Å²) < 4.78 is 7.17. The zero-order chi connectivity index (χ0) is 23.8. The molecule has 34 heavy (non-hydrogen) atoms. The Morgan fingerprint density at radius 2 is 1.97 bits per heavy atom. The van der Waals surface area contributed by atoms with Gasteiger partial charge in [-0.25, -0.2) is 0 Å². The van der Waals surface area contributed by atoms with E-state index in [1.807, 2.05) is 5.57 Å². The Bertz CT molecular complexity index is 868. The number of likely N-dealkylation sites (tertiary alicyclic amines) is 1. The molecule has 5 fully saturated rings. The molecule has 0 bridgehead atoms. The first-order valence-corrected chi connectivity index (χ1v) is 14.6. The minimum absolute atomic E-state index is 0.0154. The Kier molecular flexibility index (Phi) is 5.86. The van der Waals surface area contributed by atoms with Crippen molar-refractivity contribution < 1.29 is 9.53 Å². The number of nitrogens with two attached hydrogens (primary N) is 1. The van der Waals surface area contributed by atoms with Gasteiger partial charge in [-0.3, -0.25) is 9.69 Å². The van der Waals surface area contributed by atoms with E-state index in [0.717, 1.165) is 56.5 Å². The smallest absolute Gasteiger partial charge is 0.133 e. The Hall–Kier alpha value is -0.710. The van der Waals surface area contributed by atoms with E-state index < -0.39 is 0 Å². The summed E-state index contributed by atoms with van der Waals surface area (Å²) in [7, 11) is 0. The van der Waals surface area contributed by atoms with Gasteiger partial charge in [-0.05, 0) is 93.3 Å². The molecule has 190 valence electrons. The van der Waals surface area contributed by atoms with E-state index in [0.29, 0.717) is 41.1 Å². The lowest BCUT2D eigenvalue weighted by Crippen LogP contribution is -2.53. The molecular formula is C30H48N2O2. The van der Waals surface area contributed by atoms with Gasteiger partial charge in [0.1, 0.15) is 5.78 Å². The van der Waals surface area contributed by atoms with Gasteiger partial charge < -0.3 is 10.5 Å². The van der Waals surface area contributed by atoms with Crippen LogP contribution in [0.4, 0.5) is 0 Å². The fourth-order valence-corrected chi connectivity index (χ4v) is 10.4. The van der Waals surface area contributed by atoms with Crippen molar-refractivity contribution in [1.29, 1.82) is 0 Å². The number of hydrogen-bond donors (Lipinski definition) is 1. The average Bonchev–Trinajstić information content (AvgIpc) is 3.25. The number of fused-ring (bicyclic) bond motifs is 6. The van der Waals surface area contributed by atoms with Crippen LogP contribution < -0.4 is 5.73 Å². The molecule has 2 heterocycles. The topological polar surface area (TPSA) is 55.6 Å². The Labute approximate surface area is 207 Å². The lowest BCUT2D eigenvalue weighted by molar-refractivity contribution is -0.129. The SMILES string of the molecule is CC1=C2C[C@H]3[C@@H](CC[C@@H]4CC(=O)CC[C@@]43C)[C@@H]2CC[C@@]2(C1)O[C@@H]1C[C@H](C)CN(CCN)[C@H]1[C@H]2C. The summed E-state index contributed by atoms with van der Waals surface area (Å²) in [5, 5.41) is 0. The first-order chi connectivity index (χ1) is 16.3. The van der Waals surface area contributed by atoms with E-state index >= 15 is 0 Å². The van der Waals surface area contributed by atoms with Crippen molar-refractivity contribution in [2.75, 3.05) is 19.6 Å². The van der Waals surface area contributed by atoms with Gasteiger partial charge in [-0.15, -0.1) is 0 Å². The molecule has 0 aromatic carbocycles. The van der Waals surface area contributed by atoms with Crippen molar-refractivity contribution in [2.24, 2.45) is 46.7 Å². The Morgan fingerprint density at radius 3 is 2.76 bits per heavy atom. The summed E-state index contributed by atoms with van der Waals surface area (Å²) in [6, 6.07) is 0.539. The lowest BCUT2D eigenvalue weighted by atomic mass is 9.52. The van der Waals surface area contributed by atoms with Gasteiger partial charge in [0.25, 0.3) is 0 Å². The number of allylic oxidation sites excluding steroid dienone is 1. The molecule has 0 radical (unpaired) electrons. The molecule has 10 atom stereocenters. The van der Waals surface area contributed by atoms with Crippen molar-refractivity contribution in [2.45, 2.75) is 110 Å². The standard InChI is InChI=1S/C30H48N2O2/c1-18-13-27-28(32(17-18)12-11-31)20(3)30(34-27)10-8-23-24-6-5-21-14-22(33)7-9-29(21,4)26(24)15-25(23)19(2)16-30/h18,20-21,23-24,26-28H,5-17,31H2,1-4H3/t18-,20+,21+,23-,24-,26-,27+,28-,29-,30-/m0/s1. The highest BCUT2D eigenvalue weighted by atomic mass is 16.5. The highest BCUT2D eigenvalue weighted by molar-refractivity contribution is 5.79. The van der Waals surface area contributed by atoms with Crippen LogP contribution in [0.3, 0.4) is 0 Å². The molecule has 2 N–H and O–H groups in total. The van der Waals surface area contributed by atoms with Crippen LogP contribution in [-0.4, -0.2) is 48.1 Å². The van der Waals surface area contributed by atoms with Crippen molar-refractivity contribution in [3.8, 4) is 0 Å². The van der Waals surface area contributed by atoms with Crippen LogP contribution in [0.25, 0.3) is 0 Å². The van der Waals surface area contributed by atoms with Gasteiger partial charge in [0.05, 0.1) is 11.7 Å². The highest BCUT2D eigenvalue weighted by Gasteiger charge is 2.60. The van der Waals surface area contributed by atoms with Crippen molar-refractivity contribution in [3.63, 3.8) is 0 Å². The van der Waals surface area contributed by atoms with E-state index in [1.165, 1.54) is 45.1 Å². The van der Waals surface area contributed by atoms with E-state index in [9.17, 15) is 4.79 Å². The number of carbonyl (C=O) groups excluding carboxylic acids is 1. The second kappa shape index (κ2) is 8.42. The van der Waals surface area contributed by atoms with Crippen LogP contribution in [0.5, 0.6) is 0 Å². The molecular weight excluding hydrogens is 420 g/mol. The van der Waals surface area contributed by atoms with Crippen LogP contribution in [0.2, 0.25) is 0 Å². The summed E-state index contributed by atoms with van der Waals surface area (Å²) in [6.45, 7) is 12.8. The fraction of sp³-hybridized carbons (Fsp3) is 0.900. The van der Waals surface area contributed by atoms with E-state index in [-0.39, 0.29) is 5.60 Å². The van der Waals surface area contributed by atoms with E-state index in [1.54, 1.807) is 5.57 Å². The molecule has 0 aromatic heterocycles. The zero-order valence-corrected chi connectivity index (χ0v) is 22.2. The molecule has 4 heteroatoms. The summed E-state index contributed by atoms with van der Waals surface area (Å²) in [6.07, 6.45) is 12.0. The molecule has 2 saturated heterocycles. The molecule has 4 nitrogen and oxygen atoms in total. The van der Waals surface area contributed by atoms with Crippen molar-refractivity contribution >= 4 is 5.78 Å². The maximum atomic E-state index is 12.2. The predicted octanol–water partition coefficient (Wildman–Crippen LogP) is 5.35. The third-order valence-electron chi connectivity index (χ3n) is 12.1. The number of piperidine rings is 1. The quantitative estimate of drug-likeness (QED) is 0.555. The van der Waals surface area contributed by atoms with Gasteiger partial charge in [0.2, 0.25) is 0 Å². The number of carbonyl (C=O) groups is 1. The first-order valence-electron chi connectivity index (χ1n) is 14.6. The van der Waals surface area contributed by atoms with E-state index in [2.05, 4.69) is 32.6 Å². The lowest BCUT2D eigenvalue weighted by Gasteiger charge is -2.52. The molecule has 6 aliphatic rings. The zero-order valence-electron chi connectivity index (χ0n) is 22.2. The van der Waals surface area contributed by atoms with Gasteiger partial charge in [-0.2, -0.15) is 0 Å². The van der Waals surface area contributed by atoms with Gasteiger partial charge >= 0.3 is 0 Å². The molecule has 2 aliphatic heterocycles. The third-order valence-corrected chi connectivity index (χ3v) is 12.1. The second-order valence-electron chi connectivity index (χ2n) is 13.7. The first kappa shape index (κ1) is 23.7. The fourth-order valence-electron chi connectivity index (χ4n) is 10.4. The van der Waals surface area contributed by atoms with Crippen LogP contribution in [-0.2, 0) is 9.53 Å². The molecule has 6 rings (SSSR count). The molecule has 3 saturated carbocycles. The molecule has 0 unspecified atom stereocenters. The maximum absolute atomic E-state index is 12.2. The van der Waals surface area contributed by atoms with Gasteiger partial charge in [0, 0.05) is 44.4 Å². The van der Waals surface area contributed by atoms with Crippen LogP contribution in [0.15, 0.2) is 11.1 Å². The largest absolute Gasteiger partial charge is 0.369 e. The number of nitrogens with zero attached hydrogens (tertiary/aromatic N) is 1. The third kappa shape index (κ3) is 3.44. The van der Waals surface area contributed by atoms with Crippen LogP contribution in [0, 0.1) is 40.9 Å². The molecule has 1 spiro atoms. The molecule has 0 amide bonds. The second-order valence-corrected chi connectivity index (χ2v) is 13.7. The Balaban J connectivity index is 1.27. The van der Waals surface area contributed by atoms with Crippen molar-refractivity contribution in [3.05, 3.63) is 11.1 Å². The molecule has 4 aliphatic carbocycles. The summed E-state index contributed by atoms with van der Waals surface area (Å²) in [5.74, 6) is 4.82. The van der Waals surface area contributed by atoms with Crippen LogP contribution in [0.1, 0.15) is 91.9 Å². The minimum Gasteiger partial charge on any atom is -0.369 e. The minimum atomic E-state index is 0.0154. The summed E-state index contributed by atoms with van der Waals surface area (Å²) in [5.41, 5.74) is 9.90. The van der Waals surface area contributed by atoms with Crippen molar-refractivity contribution in [1.82, 2.24) is 4.90 Å². The molecule has 0 aromatic rings. The summed E-state index contributed by atoms with van der Waals surface area (Å²) >= 11 is 0. The number of ether oxygens (including phenoxy) is 1.